The molecule has 6 heteroatoms. The summed E-state index contributed by atoms with van der Waals surface area (Å²) in [5.41, 5.74) is 2.19. The smallest absolute Gasteiger partial charge is 0.219 e. The highest BCUT2D eigenvalue weighted by atomic mass is 35.5. The van der Waals surface area contributed by atoms with Gasteiger partial charge in [0.15, 0.2) is 0 Å². The van der Waals surface area contributed by atoms with E-state index in [-0.39, 0.29) is 5.91 Å². The van der Waals surface area contributed by atoms with Crippen LogP contribution in [0.2, 0.25) is 5.02 Å². The molecule has 0 aliphatic carbocycles. The second-order valence-electron chi connectivity index (χ2n) is 6.98. The highest BCUT2D eigenvalue weighted by Crippen LogP contribution is 2.19. The van der Waals surface area contributed by atoms with E-state index in [2.05, 4.69) is 28.1 Å². The number of carbonyl (C=O) groups is 1. The van der Waals surface area contributed by atoms with Crippen molar-refractivity contribution >= 4 is 28.5 Å². The van der Waals surface area contributed by atoms with E-state index in [4.69, 9.17) is 21.3 Å². The number of amides is 1. The van der Waals surface area contributed by atoms with Crippen LogP contribution in [0.25, 0.3) is 11.0 Å². The molecule has 0 radical (unpaired) electrons. The summed E-state index contributed by atoms with van der Waals surface area (Å²) in [6.07, 6.45) is 4.22. The molecule has 0 unspecified atom stereocenters. The Morgan fingerprint density at radius 3 is 2.69 bits per heavy atom. The average Bonchev–Trinajstić information content (AvgIpc) is 3.09. The van der Waals surface area contributed by atoms with Gasteiger partial charge in [-0.05, 0) is 55.7 Å². The quantitative estimate of drug-likeness (QED) is 0.449. The van der Waals surface area contributed by atoms with E-state index in [1.54, 1.807) is 0 Å². The number of nitrogens with zero attached hydrogens (tertiary/aromatic N) is 2. The van der Waals surface area contributed by atoms with E-state index in [0.717, 1.165) is 49.3 Å². The van der Waals surface area contributed by atoms with Crippen molar-refractivity contribution in [3.63, 3.8) is 0 Å². The van der Waals surface area contributed by atoms with Crippen LogP contribution >= 0.6 is 11.6 Å². The molecule has 1 heterocycles. The molecule has 154 valence electrons. The summed E-state index contributed by atoms with van der Waals surface area (Å²) in [4.78, 5) is 16.2. The molecular weight excluding hydrogens is 386 g/mol. The number of fused-ring (bicyclic) bond motifs is 1. The van der Waals surface area contributed by atoms with Gasteiger partial charge in [-0.1, -0.05) is 30.7 Å². The first-order chi connectivity index (χ1) is 14.2. The summed E-state index contributed by atoms with van der Waals surface area (Å²) in [6.45, 7) is 4.13. The van der Waals surface area contributed by atoms with E-state index in [9.17, 15) is 4.79 Å². The molecule has 3 aromatic rings. The Labute approximate surface area is 177 Å². The lowest BCUT2D eigenvalue weighted by Crippen LogP contribution is -2.23. The van der Waals surface area contributed by atoms with Crippen LogP contribution in [0.3, 0.4) is 0 Å². The molecule has 0 atom stereocenters. The van der Waals surface area contributed by atoms with Gasteiger partial charge in [-0.2, -0.15) is 0 Å². The minimum atomic E-state index is 0.0965. The van der Waals surface area contributed by atoms with Crippen molar-refractivity contribution in [2.24, 2.45) is 0 Å². The topological polar surface area (TPSA) is 56.2 Å². The fourth-order valence-electron chi connectivity index (χ4n) is 3.26. The van der Waals surface area contributed by atoms with Gasteiger partial charge < -0.3 is 14.6 Å². The molecule has 3 rings (SSSR count). The molecule has 0 saturated carbocycles. The number of hydrogen-bond donors (Lipinski definition) is 1. The van der Waals surface area contributed by atoms with Crippen molar-refractivity contribution in [1.29, 1.82) is 0 Å². The first-order valence-electron chi connectivity index (χ1n) is 10.3. The van der Waals surface area contributed by atoms with Gasteiger partial charge in [0.2, 0.25) is 5.91 Å². The fourth-order valence-corrected chi connectivity index (χ4v) is 3.38. The van der Waals surface area contributed by atoms with Gasteiger partial charge in [0.25, 0.3) is 0 Å². The van der Waals surface area contributed by atoms with Crippen molar-refractivity contribution in [2.45, 2.75) is 45.6 Å². The van der Waals surface area contributed by atoms with E-state index in [0.29, 0.717) is 24.6 Å². The summed E-state index contributed by atoms with van der Waals surface area (Å²) in [5.74, 6) is 2.02. The maximum absolute atomic E-state index is 11.4. The molecule has 1 N–H and O–H groups in total. The first kappa shape index (κ1) is 21.2. The number of nitrogens with one attached hydrogen (secondary N) is 1. The van der Waals surface area contributed by atoms with E-state index < -0.39 is 0 Å². The van der Waals surface area contributed by atoms with Gasteiger partial charge in [0.1, 0.15) is 11.6 Å². The van der Waals surface area contributed by atoms with Crippen LogP contribution in [0.4, 0.5) is 0 Å². The monoisotopic (exact) mass is 413 g/mol. The maximum atomic E-state index is 11.4. The molecule has 0 fully saturated rings. The van der Waals surface area contributed by atoms with Gasteiger partial charge in [-0.3, -0.25) is 4.79 Å². The number of unbranched alkanes of at least 4 members (excludes halogenated alkanes) is 1. The number of aromatic nitrogens is 2. The number of para-hydroxylation sites is 2. The molecule has 0 bridgehead atoms. The van der Waals surface area contributed by atoms with Crippen molar-refractivity contribution in [1.82, 2.24) is 14.9 Å². The number of carbonyl (C=O) groups excluding carboxylic acids is 1. The second-order valence-corrected chi connectivity index (χ2v) is 7.42. The zero-order chi connectivity index (χ0) is 20.5. The largest absolute Gasteiger partial charge is 0.494 e. The predicted molar refractivity (Wildman–Crippen MR) is 118 cm³/mol. The van der Waals surface area contributed by atoms with Crippen LogP contribution in [-0.2, 0) is 17.8 Å². The summed E-state index contributed by atoms with van der Waals surface area (Å²) in [6, 6.07) is 15.7. The lowest BCUT2D eigenvalue weighted by atomic mass is 10.2. The zero-order valence-electron chi connectivity index (χ0n) is 16.9. The Hall–Kier alpha value is -2.53. The zero-order valence-corrected chi connectivity index (χ0v) is 17.6. The molecule has 0 spiro atoms. The summed E-state index contributed by atoms with van der Waals surface area (Å²) < 4.78 is 8.09. The lowest BCUT2D eigenvalue weighted by molar-refractivity contribution is -0.120. The maximum Gasteiger partial charge on any atom is 0.219 e. The Morgan fingerprint density at radius 2 is 1.90 bits per heavy atom. The van der Waals surface area contributed by atoms with Gasteiger partial charge in [0.05, 0.1) is 17.6 Å². The van der Waals surface area contributed by atoms with Gasteiger partial charge >= 0.3 is 0 Å². The van der Waals surface area contributed by atoms with Crippen molar-refractivity contribution in [3.8, 4) is 5.75 Å². The molecule has 0 aliphatic rings. The minimum absolute atomic E-state index is 0.0965. The summed E-state index contributed by atoms with van der Waals surface area (Å²) >= 11 is 5.90. The number of halogens is 1. The van der Waals surface area contributed by atoms with Crippen LogP contribution in [0, 0.1) is 0 Å². The Kier molecular flexibility index (Phi) is 7.94. The molecule has 29 heavy (non-hydrogen) atoms. The highest BCUT2D eigenvalue weighted by molar-refractivity contribution is 6.30. The number of hydrogen-bond acceptors (Lipinski definition) is 3. The molecule has 2 aromatic carbocycles. The molecule has 5 nitrogen and oxygen atoms in total. The van der Waals surface area contributed by atoms with Crippen LogP contribution in [-0.4, -0.2) is 28.6 Å². The molecule has 1 amide bonds. The number of imidazole rings is 1. The third kappa shape index (κ3) is 6.23. The van der Waals surface area contributed by atoms with Crippen LogP contribution in [0.1, 0.15) is 38.4 Å². The second kappa shape index (κ2) is 10.9. The molecular formula is C23H28ClN3O2. The lowest BCUT2D eigenvalue weighted by Gasteiger charge is -2.10. The number of ether oxygens (including phenoxy) is 1. The first-order valence-corrected chi connectivity index (χ1v) is 10.6. The third-order valence-corrected chi connectivity index (χ3v) is 5.06. The van der Waals surface area contributed by atoms with Crippen molar-refractivity contribution < 1.29 is 9.53 Å². The van der Waals surface area contributed by atoms with Gasteiger partial charge in [-0.15, -0.1) is 0 Å². The number of benzene rings is 2. The number of aryl methyl sites for hydroxylation is 2. The van der Waals surface area contributed by atoms with Crippen molar-refractivity contribution in [3.05, 3.63) is 59.4 Å². The number of rotatable bonds is 11. The fraction of sp³-hybridized carbons (Fsp3) is 0.391. The Morgan fingerprint density at radius 1 is 1.10 bits per heavy atom. The van der Waals surface area contributed by atoms with E-state index >= 15 is 0 Å². The molecule has 0 saturated heterocycles. The van der Waals surface area contributed by atoms with E-state index in [1.807, 2.05) is 37.3 Å². The summed E-state index contributed by atoms with van der Waals surface area (Å²) in [7, 11) is 0. The van der Waals surface area contributed by atoms with Crippen LogP contribution in [0.5, 0.6) is 5.75 Å². The predicted octanol–water partition coefficient (Wildman–Crippen LogP) is 5.01. The molecule has 1 aromatic heterocycles. The minimum Gasteiger partial charge on any atom is -0.494 e. The van der Waals surface area contributed by atoms with Gasteiger partial charge in [-0.25, -0.2) is 4.98 Å². The summed E-state index contributed by atoms with van der Waals surface area (Å²) in [5, 5.41) is 3.65. The van der Waals surface area contributed by atoms with Crippen LogP contribution < -0.4 is 10.1 Å². The Balaban J connectivity index is 1.52. The SMILES string of the molecule is CCC(=O)NCCCc1nc2ccccc2n1CCCCOc1ccc(Cl)cc1. The van der Waals surface area contributed by atoms with E-state index in [1.165, 1.54) is 5.52 Å². The molecule has 0 aliphatic heterocycles. The average molecular weight is 414 g/mol. The highest BCUT2D eigenvalue weighted by Gasteiger charge is 2.10. The standard InChI is InChI=1S/C23H28ClN3O2/c1-2-23(28)25-15-7-10-22-26-20-8-3-4-9-21(20)27(22)16-5-6-17-29-19-13-11-18(24)12-14-19/h3-4,8-9,11-14H,2,5-7,10,15-17H2,1H3,(H,25,28). The normalized spacial score (nSPS) is 11.0. The Bertz CT molecular complexity index is 922. The van der Waals surface area contributed by atoms with Gasteiger partial charge in [0, 0.05) is 31.0 Å². The third-order valence-electron chi connectivity index (χ3n) is 4.81. The van der Waals surface area contributed by atoms with Crippen LogP contribution in [0.15, 0.2) is 48.5 Å². The van der Waals surface area contributed by atoms with Crippen molar-refractivity contribution in [2.75, 3.05) is 13.2 Å².